The normalized spacial score (nSPS) is 17.7. The Morgan fingerprint density at radius 2 is 2.27 bits per heavy atom. The summed E-state index contributed by atoms with van der Waals surface area (Å²) in [6.45, 7) is 2.80. The molecule has 1 atom stereocenters. The summed E-state index contributed by atoms with van der Waals surface area (Å²) in [6.07, 6.45) is 3.04. The number of hydrogen-bond donors (Lipinski definition) is 2. The monoisotopic (exact) mass is 205 g/mol. The molecule has 1 aromatic rings. The summed E-state index contributed by atoms with van der Waals surface area (Å²) in [6, 6.07) is 9.02. The SMILES string of the molecule is Cc1cccc(CC(O)CNC2CC2)c1. The van der Waals surface area contributed by atoms with Crippen molar-refractivity contribution in [3.63, 3.8) is 0 Å². The van der Waals surface area contributed by atoms with Gasteiger partial charge in [-0.15, -0.1) is 0 Å². The Morgan fingerprint density at radius 3 is 2.93 bits per heavy atom. The Bertz CT molecular complexity index is 320. The van der Waals surface area contributed by atoms with Crippen LogP contribution in [0.3, 0.4) is 0 Å². The average molecular weight is 205 g/mol. The molecule has 82 valence electrons. The van der Waals surface area contributed by atoms with Crippen molar-refractivity contribution in [2.45, 2.75) is 38.3 Å². The number of aryl methyl sites for hydroxylation is 1. The highest BCUT2D eigenvalue weighted by Gasteiger charge is 2.21. The van der Waals surface area contributed by atoms with E-state index in [2.05, 4.69) is 30.4 Å². The van der Waals surface area contributed by atoms with Crippen molar-refractivity contribution < 1.29 is 5.11 Å². The lowest BCUT2D eigenvalue weighted by Gasteiger charge is -2.11. The van der Waals surface area contributed by atoms with Crippen LogP contribution in [-0.4, -0.2) is 23.8 Å². The average Bonchev–Trinajstić information content (AvgIpc) is 2.98. The zero-order chi connectivity index (χ0) is 10.7. The maximum absolute atomic E-state index is 9.81. The molecule has 0 radical (unpaired) electrons. The fourth-order valence-electron chi connectivity index (χ4n) is 1.77. The van der Waals surface area contributed by atoms with Crippen molar-refractivity contribution in [2.75, 3.05) is 6.54 Å². The van der Waals surface area contributed by atoms with Gasteiger partial charge in [0.1, 0.15) is 0 Å². The summed E-state index contributed by atoms with van der Waals surface area (Å²) in [5.74, 6) is 0. The van der Waals surface area contributed by atoms with Gasteiger partial charge in [0.2, 0.25) is 0 Å². The van der Waals surface area contributed by atoms with E-state index in [0.29, 0.717) is 6.04 Å². The standard InChI is InChI=1S/C13H19NO/c1-10-3-2-4-11(7-10)8-13(15)9-14-12-5-6-12/h2-4,7,12-15H,5-6,8-9H2,1H3. The van der Waals surface area contributed by atoms with Crippen LogP contribution in [0.25, 0.3) is 0 Å². The maximum Gasteiger partial charge on any atom is 0.0704 e. The lowest BCUT2D eigenvalue weighted by molar-refractivity contribution is 0.171. The smallest absolute Gasteiger partial charge is 0.0704 e. The van der Waals surface area contributed by atoms with E-state index in [1.54, 1.807) is 0 Å². The van der Waals surface area contributed by atoms with Crippen molar-refractivity contribution in [3.05, 3.63) is 35.4 Å². The second kappa shape index (κ2) is 4.77. The van der Waals surface area contributed by atoms with E-state index in [4.69, 9.17) is 0 Å². The predicted octanol–water partition coefficient (Wildman–Crippen LogP) is 1.65. The third-order valence-electron chi connectivity index (χ3n) is 2.77. The first-order chi connectivity index (χ1) is 7.24. The first kappa shape index (κ1) is 10.7. The molecule has 1 aliphatic carbocycles. The van der Waals surface area contributed by atoms with Crippen LogP contribution in [0.15, 0.2) is 24.3 Å². The molecule has 1 saturated carbocycles. The number of nitrogens with one attached hydrogen (secondary N) is 1. The summed E-state index contributed by atoms with van der Waals surface area (Å²) >= 11 is 0. The minimum Gasteiger partial charge on any atom is -0.391 e. The molecule has 0 amide bonds. The van der Waals surface area contributed by atoms with Crippen LogP contribution in [0.5, 0.6) is 0 Å². The molecule has 0 heterocycles. The Morgan fingerprint density at radius 1 is 1.47 bits per heavy atom. The second-order valence-corrected chi connectivity index (χ2v) is 4.53. The molecule has 1 unspecified atom stereocenters. The minimum atomic E-state index is -0.257. The molecule has 0 aliphatic heterocycles. The molecule has 15 heavy (non-hydrogen) atoms. The second-order valence-electron chi connectivity index (χ2n) is 4.53. The lowest BCUT2D eigenvalue weighted by Crippen LogP contribution is -2.29. The highest BCUT2D eigenvalue weighted by Crippen LogP contribution is 2.18. The van der Waals surface area contributed by atoms with Gasteiger partial charge in [-0.3, -0.25) is 0 Å². The van der Waals surface area contributed by atoms with Crippen LogP contribution in [0, 0.1) is 6.92 Å². The first-order valence-corrected chi connectivity index (χ1v) is 5.71. The molecule has 0 bridgehead atoms. The van der Waals surface area contributed by atoms with Crippen LogP contribution in [0.4, 0.5) is 0 Å². The minimum absolute atomic E-state index is 0.257. The Labute approximate surface area is 91.3 Å². The van der Waals surface area contributed by atoms with Gasteiger partial charge in [0, 0.05) is 12.6 Å². The summed E-state index contributed by atoms with van der Waals surface area (Å²) in [4.78, 5) is 0. The van der Waals surface area contributed by atoms with E-state index in [1.165, 1.54) is 24.0 Å². The largest absolute Gasteiger partial charge is 0.391 e. The fourth-order valence-corrected chi connectivity index (χ4v) is 1.77. The summed E-state index contributed by atoms with van der Waals surface area (Å²) < 4.78 is 0. The third-order valence-corrected chi connectivity index (χ3v) is 2.77. The van der Waals surface area contributed by atoms with Gasteiger partial charge in [-0.25, -0.2) is 0 Å². The van der Waals surface area contributed by atoms with Gasteiger partial charge < -0.3 is 10.4 Å². The van der Waals surface area contributed by atoms with Gasteiger partial charge in [0.15, 0.2) is 0 Å². The molecule has 0 saturated heterocycles. The quantitative estimate of drug-likeness (QED) is 0.766. The molecule has 0 spiro atoms. The van der Waals surface area contributed by atoms with E-state index in [0.717, 1.165) is 13.0 Å². The van der Waals surface area contributed by atoms with Gasteiger partial charge in [0.25, 0.3) is 0 Å². The fraction of sp³-hybridized carbons (Fsp3) is 0.538. The van der Waals surface area contributed by atoms with Gasteiger partial charge >= 0.3 is 0 Å². The highest BCUT2D eigenvalue weighted by molar-refractivity contribution is 5.22. The molecular weight excluding hydrogens is 186 g/mol. The van der Waals surface area contributed by atoms with Crippen molar-refractivity contribution in [1.29, 1.82) is 0 Å². The van der Waals surface area contributed by atoms with Crippen LogP contribution >= 0.6 is 0 Å². The van der Waals surface area contributed by atoms with Crippen LogP contribution in [0.1, 0.15) is 24.0 Å². The van der Waals surface area contributed by atoms with E-state index in [1.807, 2.05) is 6.07 Å². The van der Waals surface area contributed by atoms with Gasteiger partial charge in [-0.2, -0.15) is 0 Å². The van der Waals surface area contributed by atoms with Crippen molar-refractivity contribution in [3.8, 4) is 0 Å². The summed E-state index contributed by atoms with van der Waals surface area (Å²) in [7, 11) is 0. The lowest BCUT2D eigenvalue weighted by atomic mass is 10.1. The van der Waals surface area contributed by atoms with Gasteiger partial charge in [-0.1, -0.05) is 29.8 Å². The number of aliphatic hydroxyl groups is 1. The Hall–Kier alpha value is -0.860. The number of benzene rings is 1. The maximum atomic E-state index is 9.81. The molecule has 2 nitrogen and oxygen atoms in total. The zero-order valence-electron chi connectivity index (χ0n) is 9.24. The Kier molecular flexibility index (Phi) is 3.39. The number of hydrogen-bond acceptors (Lipinski definition) is 2. The van der Waals surface area contributed by atoms with Gasteiger partial charge in [-0.05, 0) is 31.7 Å². The van der Waals surface area contributed by atoms with Crippen LogP contribution in [0.2, 0.25) is 0 Å². The molecule has 1 aromatic carbocycles. The summed E-state index contributed by atoms with van der Waals surface area (Å²) in [5.41, 5.74) is 2.48. The van der Waals surface area contributed by atoms with Crippen molar-refractivity contribution in [2.24, 2.45) is 0 Å². The van der Waals surface area contributed by atoms with E-state index < -0.39 is 0 Å². The summed E-state index contributed by atoms with van der Waals surface area (Å²) in [5, 5.41) is 13.1. The predicted molar refractivity (Wildman–Crippen MR) is 61.9 cm³/mol. The molecular formula is C13H19NO. The molecule has 1 aliphatic rings. The topological polar surface area (TPSA) is 32.3 Å². The molecule has 2 N–H and O–H groups in total. The van der Waals surface area contributed by atoms with Crippen molar-refractivity contribution in [1.82, 2.24) is 5.32 Å². The molecule has 0 aromatic heterocycles. The van der Waals surface area contributed by atoms with E-state index in [9.17, 15) is 5.11 Å². The molecule has 2 rings (SSSR count). The Balaban J connectivity index is 1.79. The number of aliphatic hydroxyl groups excluding tert-OH is 1. The third kappa shape index (κ3) is 3.65. The van der Waals surface area contributed by atoms with E-state index in [-0.39, 0.29) is 6.10 Å². The molecule has 1 fully saturated rings. The zero-order valence-corrected chi connectivity index (χ0v) is 9.24. The van der Waals surface area contributed by atoms with Gasteiger partial charge in [0.05, 0.1) is 6.10 Å². The number of rotatable bonds is 5. The molecule has 2 heteroatoms. The van der Waals surface area contributed by atoms with Crippen molar-refractivity contribution >= 4 is 0 Å². The van der Waals surface area contributed by atoms with Crippen LogP contribution in [-0.2, 0) is 6.42 Å². The highest BCUT2D eigenvalue weighted by atomic mass is 16.3. The first-order valence-electron chi connectivity index (χ1n) is 5.71. The van der Waals surface area contributed by atoms with Crippen LogP contribution < -0.4 is 5.32 Å². The van der Waals surface area contributed by atoms with E-state index >= 15 is 0 Å².